The number of hydrogen-bond donors (Lipinski definition) is 2. The van der Waals surface area contributed by atoms with Crippen LogP contribution in [0, 0.1) is 22.0 Å². The average molecular weight is 792 g/mol. The predicted octanol–water partition coefficient (Wildman–Crippen LogP) is 2.29. The monoisotopic (exact) mass is 790 g/mol. The number of imidazole rings is 1. The number of carbonyl (C=O) groups excluding carboxylic acids is 1. The van der Waals surface area contributed by atoms with Crippen LogP contribution < -0.4 is 32.4 Å². The van der Waals surface area contributed by atoms with E-state index in [0.29, 0.717) is 64.0 Å². The third-order valence-corrected chi connectivity index (χ3v) is 7.74. The maximum Gasteiger partial charge on any atom is 0.392 e. The lowest BCUT2D eigenvalue weighted by molar-refractivity contribution is -0.898. The van der Waals surface area contributed by atoms with Crippen LogP contribution in [0.15, 0.2) is 77.8 Å². The molecule has 16 heteroatoms. The number of quaternary nitrogens is 1. The van der Waals surface area contributed by atoms with Crippen molar-refractivity contribution >= 4 is 55.9 Å². The molecule has 49 heavy (non-hydrogen) atoms. The quantitative estimate of drug-likeness (QED) is 0.0631. The number of nitrogens with one attached hydrogen (secondary N) is 2. The molecule has 5 aromatic rings. The first-order valence-corrected chi connectivity index (χ1v) is 15.4. The number of pyridine rings is 2. The number of hydrogen-bond acceptors (Lipinski definition) is 10. The van der Waals surface area contributed by atoms with Crippen LogP contribution >= 0.6 is 15.9 Å². The number of benzene rings is 1. The van der Waals surface area contributed by atoms with E-state index in [2.05, 4.69) is 63.3 Å². The number of ether oxygens (including phenoxy) is 1. The maximum atomic E-state index is 12.8. The van der Waals surface area contributed by atoms with Crippen molar-refractivity contribution in [1.82, 2.24) is 29.5 Å². The summed E-state index contributed by atoms with van der Waals surface area (Å²) in [6.07, 6.45) is 7.84. The van der Waals surface area contributed by atoms with Gasteiger partial charge in [-0.15, -0.1) is 0 Å². The molecule has 0 aliphatic heterocycles. The minimum Gasteiger partial charge on any atom is -1.00 e. The Morgan fingerprint density at radius 3 is 2.69 bits per heavy atom. The van der Waals surface area contributed by atoms with Crippen LogP contribution in [0.1, 0.15) is 24.1 Å². The smallest absolute Gasteiger partial charge is 0.392 e. The number of amides is 1. The van der Waals surface area contributed by atoms with E-state index < -0.39 is 4.92 Å². The van der Waals surface area contributed by atoms with Gasteiger partial charge in [0, 0.05) is 30.4 Å². The van der Waals surface area contributed by atoms with Crippen molar-refractivity contribution in [1.29, 1.82) is 0 Å². The third kappa shape index (κ3) is 9.44. The Labute approximate surface area is 301 Å². The minimum atomic E-state index is -0.502. The van der Waals surface area contributed by atoms with E-state index in [9.17, 15) is 14.9 Å². The highest BCUT2D eigenvalue weighted by molar-refractivity contribution is 9.10. The topological polar surface area (TPSA) is 163 Å². The molecule has 0 saturated carbocycles. The summed E-state index contributed by atoms with van der Waals surface area (Å²) < 4.78 is 8.62. The van der Waals surface area contributed by atoms with Crippen molar-refractivity contribution in [3.05, 3.63) is 105 Å². The summed E-state index contributed by atoms with van der Waals surface area (Å²) in [6.45, 7) is 2.70. The predicted molar refractivity (Wildman–Crippen MR) is 184 cm³/mol. The summed E-state index contributed by atoms with van der Waals surface area (Å²) in [6, 6.07) is 12.9. The van der Waals surface area contributed by atoms with Gasteiger partial charge in [-0.1, -0.05) is 12.0 Å². The van der Waals surface area contributed by atoms with Crippen LogP contribution in [0.2, 0.25) is 0 Å². The Morgan fingerprint density at radius 1 is 1.16 bits per heavy atom. The number of anilines is 3. The summed E-state index contributed by atoms with van der Waals surface area (Å²) in [7, 11) is 5.52. The first-order chi connectivity index (χ1) is 23.0. The van der Waals surface area contributed by atoms with Crippen LogP contribution in [0.3, 0.4) is 0 Å². The molecule has 1 amide bonds. The number of nitro groups is 1. The van der Waals surface area contributed by atoms with Gasteiger partial charge in [-0.25, -0.2) is 15.0 Å². The molecule has 0 spiro atoms. The molecule has 4 heterocycles. The molecule has 5 rings (SSSR count). The summed E-state index contributed by atoms with van der Waals surface area (Å²) in [5, 5.41) is 18.4. The molecular weight excluding hydrogens is 760 g/mol. The second-order valence-electron chi connectivity index (χ2n) is 11.3. The second kappa shape index (κ2) is 16.2. The molecular formula is C33H32Br2N10O4. The third-order valence-electron chi connectivity index (χ3n) is 7.12. The van der Waals surface area contributed by atoms with E-state index in [-0.39, 0.29) is 28.7 Å². The SMILES string of the molecule is CC#Cc1nc([N+](=O)[O-])c(C[N+](C)(C)C/C=C/C(=O)Nc2cc3c(Nc4ccc(OCc5ccccn5)c(Br)c4)ncnc3cn2)n1C.[Br-]. The Bertz CT molecular complexity index is 2070. The molecule has 0 atom stereocenters. The molecule has 0 aliphatic carbocycles. The lowest BCUT2D eigenvalue weighted by Gasteiger charge is -2.28. The van der Waals surface area contributed by atoms with Gasteiger partial charge in [-0.05, 0) is 81.2 Å². The van der Waals surface area contributed by atoms with Crippen LogP contribution in [0.4, 0.5) is 23.1 Å². The molecule has 0 unspecified atom stereocenters. The number of rotatable bonds is 12. The standard InChI is InChI=1S/C33H31BrN10O4.BrH/c1-5-9-30-41-33(43(46)47)27(42(30)2)19-44(3,4)15-8-11-31(45)40-29-17-24-26(18-36-29)37-21-38-32(24)39-22-12-13-28(25(34)16-22)48-20-23-10-6-7-14-35-23;/h6-8,10-14,16-18,21H,15,19-20H2,1-4H3,(H-,36,37,38,39,40,45);1H/b11-8+;. The summed E-state index contributed by atoms with van der Waals surface area (Å²) in [4.78, 5) is 45.3. The van der Waals surface area contributed by atoms with Crippen molar-refractivity contribution < 1.29 is 35.9 Å². The van der Waals surface area contributed by atoms with Gasteiger partial charge in [0.15, 0.2) is 5.69 Å². The van der Waals surface area contributed by atoms with E-state index in [0.717, 1.165) is 15.9 Å². The fourth-order valence-corrected chi connectivity index (χ4v) is 5.24. The van der Waals surface area contributed by atoms with Gasteiger partial charge in [-0.3, -0.25) is 14.3 Å². The van der Waals surface area contributed by atoms with E-state index in [1.54, 1.807) is 43.1 Å². The molecule has 0 saturated heterocycles. The highest BCUT2D eigenvalue weighted by atomic mass is 79.9. The first-order valence-electron chi connectivity index (χ1n) is 14.7. The fraction of sp³-hybridized carbons (Fsp3) is 0.212. The lowest BCUT2D eigenvalue weighted by atomic mass is 10.2. The Kier molecular flexibility index (Phi) is 12.1. The number of likely N-dealkylation sites (N-methyl/N-ethyl adjacent to an activating group) is 1. The van der Waals surface area contributed by atoms with E-state index >= 15 is 0 Å². The van der Waals surface area contributed by atoms with E-state index in [4.69, 9.17) is 4.74 Å². The van der Waals surface area contributed by atoms with Gasteiger partial charge < -0.3 is 46.9 Å². The Morgan fingerprint density at radius 2 is 1.98 bits per heavy atom. The number of fused-ring (bicyclic) bond motifs is 1. The number of nitrogens with zero attached hydrogens (tertiary/aromatic N) is 8. The molecule has 0 aliphatic rings. The summed E-state index contributed by atoms with van der Waals surface area (Å²) in [5.74, 6) is 6.75. The Hall–Kier alpha value is -5.24. The number of halogens is 2. The largest absolute Gasteiger partial charge is 1.00 e. The zero-order valence-corrected chi connectivity index (χ0v) is 30.2. The van der Waals surface area contributed by atoms with Crippen molar-refractivity contribution in [3.8, 4) is 17.6 Å². The van der Waals surface area contributed by atoms with Crippen LogP contribution in [0.5, 0.6) is 5.75 Å². The van der Waals surface area contributed by atoms with Crippen LogP contribution in [-0.2, 0) is 25.0 Å². The second-order valence-corrected chi connectivity index (χ2v) is 12.1. The maximum absolute atomic E-state index is 12.8. The number of aromatic nitrogens is 6. The normalized spacial score (nSPS) is 11.0. The highest BCUT2D eigenvalue weighted by Gasteiger charge is 2.30. The lowest BCUT2D eigenvalue weighted by Crippen LogP contribution is -3.00. The molecule has 0 radical (unpaired) electrons. The zero-order chi connectivity index (χ0) is 34.3. The molecule has 0 bridgehead atoms. The van der Waals surface area contributed by atoms with Crippen molar-refractivity contribution in [3.63, 3.8) is 0 Å². The van der Waals surface area contributed by atoms with Crippen molar-refractivity contribution in [2.45, 2.75) is 20.1 Å². The van der Waals surface area contributed by atoms with Gasteiger partial charge in [0.05, 0.1) is 42.5 Å². The first kappa shape index (κ1) is 36.6. The van der Waals surface area contributed by atoms with Gasteiger partial charge in [0.25, 0.3) is 5.82 Å². The van der Waals surface area contributed by atoms with E-state index in [1.165, 1.54) is 12.4 Å². The van der Waals surface area contributed by atoms with Gasteiger partial charge in [-0.2, -0.15) is 0 Å². The molecule has 1 aromatic carbocycles. The number of carbonyl (C=O) groups is 1. The van der Waals surface area contributed by atoms with E-state index in [1.807, 2.05) is 50.5 Å². The zero-order valence-electron chi connectivity index (χ0n) is 27.0. The fourth-order valence-electron chi connectivity index (χ4n) is 4.74. The average Bonchev–Trinajstić information content (AvgIpc) is 3.35. The molecule has 0 fully saturated rings. The summed E-state index contributed by atoms with van der Waals surface area (Å²) in [5.41, 5.74) is 2.61. The van der Waals surface area contributed by atoms with Crippen molar-refractivity contribution in [2.24, 2.45) is 7.05 Å². The Balaban J connectivity index is 0.00000541. The summed E-state index contributed by atoms with van der Waals surface area (Å²) >= 11 is 3.57. The minimum absolute atomic E-state index is 0. The molecule has 14 nitrogen and oxygen atoms in total. The van der Waals surface area contributed by atoms with Gasteiger partial charge >= 0.3 is 5.82 Å². The van der Waals surface area contributed by atoms with Crippen LogP contribution in [-0.4, -0.2) is 65.4 Å². The molecule has 252 valence electrons. The molecule has 4 aromatic heterocycles. The van der Waals surface area contributed by atoms with Crippen molar-refractivity contribution in [2.75, 3.05) is 31.3 Å². The van der Waals surface area contributed by atoms with Gasteiger partial charge in [0.2, 0.25) is 5.91 Å². The van der Waals surface area contributed by atoms with Gasteiger partial charge in [0.1, 0.15) is 36.9 Å². The molecule has 2 N–H and O–H groups in total. The van der Waals surface area contributed by atoms with Crippen LogP contribution in [0.25, 0.3) is 10.9 Å². The highest BCUT2D eigenvalue weighted by Crippen LogP contribution is 2.31.